The van der Waals surface area contributed by atoms with Crippen LogP contribution in [0.25, 0.3) is 0 Å². The molecule has 0 unspecified atom stereocenters. The van der Waals surface area contributed by atoms with Gasteiger partial charge < -0.3 is 14.9 Å². The molecule has 3 rings (SSSR count). The molecule has 1 atom stereocenters. The zero-order chi connectivity index (χ0) is 14.3. The van der Waals surface area contributed by atoms with Crippen molar-refractivity contribution < 1.29 is 14.7 Å². The quantitative estimate of drug-likeness (QED) is 0.893. The summed E-state index contributed by atoms with van der Waals surface area (Å²) >= 11 is 0. The SMILES string of the molecule is CN(C(=O)N1Cc2ccccc2C[C@@H]1C(=O)O)C1CC1. The van der Waals surface area contributed by atoms with Crippen LogP contribution < -0.4 is 0 Å². The van der Waals surface area contributed by atoms with Crippen LogP contribution in [0.2, 0.25) is 0 Å². The Bertz CT molecular complexity index is 554. The van der Waals surface area contributed by atoms with Gasteiger partial charge in [-0.15, -0.1) is 0 Å². The molecule has 5 heteroatoms. The molecule has 1 N–H and O–H groups in total. The summed E-state index contributed by atoms with van der Waals surface area (Å²) in [4.78, 5) is 27.1. The van der Waals surface area contributed by atoms with Gasteiger partial charge in [0.15, 0.2) is 0 Å². The molecule has 2 amide bonds. The largest absolute Gasteiger partial charge is 0.480 e. The minimum absolute atomic E-state index is 0.172. The van der Waals surface area contributed by atoms with Crippen LogP contribution in [0.3, 0.4) is 0 Å². The molecule has 1 aliphatic carbocycles. The Balaban J connectivity index is 1.87. The lowest BCUT2D eigenvalue weighted by molar-refractivity contribution is -0.142. The Hall–Kier alpha value is -2.04. The molecule has 1 fully saturated rings. The van der Waals surface area contributed by atoms with Crippen LogP contribution in [-0.4, -0.2) is 46.0 Å². The maximum absolute atomic E-state index is 12.5. The van der Waals surface area contributed by atoms with Gasteiger partial charge in [-0.05, 0) is 24.0 Å². The number of hydrogen-bond donors (Lipinski definition) is 1. The van der Waals surface area contributed by atoms with Gasteiger partial charge in [0.25, 0.3) is 0 Å². The van der Waals surface area contributed by atoms with Gasteiger partial charge in [-0.25, -0.2) is 9.59 Å². The van der Waals surface area contributed by atoms with E-state index in [1.807, 2.05) is 24.3 Å². The molecule has 1 aromatic carbocycles. The predicted molar refractivity (Wildman–Crippen MR) is 73.3 cm³/mol. The number of benzene rings is 1. The second kappa shape index (κ2) is 4.81. The standard InChI is InChI=1S/C15H18N2O3/c1-16(12-6-7-12)15(20)17-9-11-5-3-2-4-10(11)8-13(17)14(18)19/h2-5,12-13H,6-9H2,1H3,(H,18,19)/t13-/m1/s1. The molecule has 20 heavy (non-hydrogen) atoms. The van der Waals surface area contributed by atoms with Gasteiger partial charge in [0.05, 0.1) is 0 Å². The highest BCUT2D eigenvalue weighted by Gasteiger charge is 2.39. The summed E-state index contributed by atoms with van der Waals surface area (Å²) in [6.07, 6.45) is 2.42. The third kappa shape index (κ3) is 2.24. The van der Waals surface area contributed by atoms with E-state index in [9.17, 15) is 14.7 Å². The molecule has 1 aromatic rings. The maximum atomic E-state index is 12.5. The summed E-state index contributed by atoms with van der Waals surface area (Å²) in [6.45, 7) is 0.378. The molecule has 0 aromatic heterocycles. The van der Waals surface area contributed by atoms with E-state index in [0.29, 0.717) is 13.0 Å². The highest BCUT2D eigenvalue weighted by molar-refractivity contribution is 5.83. The Labute approximate surface area is 117 Å². The summed E-state index contributed by atoms with van der Waals surface area (Å²) in [5.41, 5.74) is 2.07. The van der Waals surface area contributed by atoms with Gasteiger partial charge in [-0.3, -0.25) is 0 Å². The number of carboxylic acids is 1. The van der Waals surface area contributed by atoms with Gasteiger partial charge in [0.2, 0.25) is 0 Å². The van der Waals surface area contributed by atoms with Crippen molar-refractivity contribution in [3.63, 3.8) is 0 Å². The Morgan fingerprint density at radius 3 is 2.50 bits per heavy atom. The first-order valence-electron chi connectivity index (χ1n) is 6.91. The number of urea groups is 1. The number of carboxylic acid groups (broad SMARTS) is 1. The summed E-state index contributed by atoms with van der Waals surface area (Å²) in [6, 6.07) is 7.09. The molecule has 1 saturated carbocycles. The van der Waals surface area contributed by atoms with E-state index in [0.717, 1.165) is 24.0 Å². The second-order valence-corrected chi connectivity index (χ2v) is 5.58. The monoisotopic (exact) mass is 274 g/mol. The van der Waals surface area contributed by atoms with E-state index in [-0.39, 0.29) is 12.1 Å². The molecular formula is C15H18N2O3. The Kier molecular flexibility index (Phi) is 3.12. The summed E-state index contributed by atoms with van der Waals surface area (Å²) in [5, 5.41) is 9.41. The van der Waals surface area contributed by atoms with Crippen LogP contribution in [0.4, 0.5) is 4.79 Å². The average Bonchev–Trinajstić information content (AvgIpc) is 3.28. The summed E-state index contributed by atoms with van der Waals surface area (Å²) in [7, 11) is 1.76. The van der Waals surface area contributed by atoms with Crippen molar-refractivity contribution in [2.45, 2.75) is 37.9 Å². The molecule has 106 valence electrons. The van der Waals surface area contributed by atoms with Gasteiger partial charge in [-0.1, -0.05) is 24.3 Å². The molecule has 1 heterocycles. The summed E-state index contributed by atoms with van der Waals surface area (Å²) < 4.78 is 0. The molecule has 0 spiro atoms. The van der Waals surface area contributed by atoms with Crippen molar-refractivity contribution in [1.82, 2.24) is 9.80 Å². The highest BCUT2D eigenvalue weighted by Crippen LogP contribution is 2.29. The maximum Gasteiger partial charge on any atom is 0.326 e. The second-order valence-electron chi connectivity index (χ2n) is 5.58. The number of carbonyl (C=O) groups is 2. The highest BCUT2D eigenvalue weighted by atomic mass is 16.4. The van der Waals surface area contributed by atoms with Crippen molar-refractivity contribution >= 4 is 12.0 Å². The van der Waals surface area contributed by atoms with Crippen LogP contribution in [-0.2, 0) is 17.8 Å². The number of rotatable bonds is 2. The molecule has 1 aliphatic heterocycles. The number of hydrogen-bond acceptors (Lipinski definition) is 2. The lowest BCUT2D eigenvalue weighted by Crippen LogP contribution is -2.53. The Morgan fingerprint density at radius 2 is 1.90 bits per heavy atom. The number of carbonyl (C=O) groups excluding carboxylic acids is 1. The van der Waals surface area contributed by atoms with Crippen molar-refractivity contribution in [3.8, 4) is 0 Å². The smallest absolute Gasteiger partial charge is 0.326 e. The third-order valence-electron chi connectivity index (χ3n) is 4.18. The predicted octanol–water partition coefficient (Wildman–Crippen LogP) is 1.71. The number of nitrogens with zero attached hydrogens (tertiary/aromatic N) is 2. The fraction of sp³-hybridized carbons (Fsp3) is 0.467. The van der Waals surface area contributed by atoms with Gasteiger partial charge in [0, 0.05) is 26.1 Å². The molecule has 0 radical (unpaired) electrons. The minimum atomic E-state index is -0.933. The van der Waals surface area contributed by atoms with E-state index in [1.54, 1.807) is 11.9 Å². The number of amides is 2. The van der Waals surface area contributed by atoms with Crippen molar-refractivity contribution in [2.75, 3.05) is 7.05 Å². The van der Waals surface area contributed by atoms with Crippen LogP contribution in [0.15, 0.2) is 24.3 Å². The van der Waals surface area contributed by atoms with Gasteiger partial charge in [0.1, 0.15) is 6.04 Å². The lowest BCUT2D eigenvalue weighted by Gasteiger charge is -2.36. The van der Waals surface area contributed by atoms with Crippen LogP contribution >= 0.6 is 0 Å². The Morgan fingerprint density at radius 1 is 1.25 bits per heavy atom. The van der Waals surface area contributed by atoms with Crippen LogP contribution in [0.5, 0.6) is 0 Å². The van der Waals surface area contributed by atoms with Crippen molar-refractivity contribution in [2.24, 2.45) is 0 Å². The number of fused-ring (bicyclic) bond motifs is 1. The zero-order valence-corrected chi connectivity index (χ0v) is 11.5. The first-order valence-corrected chi connectivity index (χ1v) is 6.91. The van der Waals surface area contributed by atoms with E-state index < -0.39 is 12.0 Å². The van der Waals surface area contributed by atoms with Crippen LogP contribution in [0, 0.1) is 0 Å². The van der Waals surface area contributed by atoms with E-state index in [4.69, 9.17) is 0 Å². The lowest BCUT2D eigenvalue weighted by atomic mass is 9.94. The molecule has 2 aliphatic rings. The van der Waals surface area contributed by atoms with E-state index >= 15 is 0 Å². The first kappa shape index (κ1) is 13.0. The molecule has 5 nitrogen and oxygen atoms in total. The molecule has 0 saturated heterocycles. The number of aliphatic carboxylic acids is 1. The normalized spacial score (nSPS) is 21.2. The topological polar surface area (TPSA) is 60.9 Å². The average molecular weight is 274 g/mol. The van der Waals surface area contributed by atoms with E-state index in [2.05, 4.69) is 0 Å². The van der Waals surface area contributed by atoms with Crippen molar-refractivity contribution in [3.05, 3.63) is 35.4 Å². The van der Waals surface area contributed by atoms with Crippen LogP contribution in [0.1, 0.15) is 24.0 Å². The van der Waals surface area contributed by atoms with E-state index in [1.165, 1.54) is 4.90 Å². The van der Waals surface area contributed by atoms with Crippen molar-refractivity contribution in [1.29, 1.82) is 0 Å². The fourth-order valence-corrected chi connectivity index (χ4v) is 2.77. The van der Waals surface area contributed by atoms with Gasteiger partial charge >= 0.3 is 12.0 Å². The molecule has 0 bridgehead atoms. The fourth-order valence-electron chi connectivity index (χ4n) is 2.77. The third-order valence-corrected chi connectivity index (χ3v) is 4.18. The van der Waals surface area contributed by atoms with Gasteiger partial charge in [-0.2, -0.15) is 0 Å². The first-order chi connectivity index (χ1) is 9.58. The zero-order valence-electron chi connectivity index (χ0n) is 11.5. The summed E-state index contributed by atoms with van der Waals surface area (Å²) in [5.74, 6) is -0.933. The molecular weight excluding hydrogens is 256 g/mol. The minimum Gasteiger partial charge on any atom is -0.480 e.